The Bertz CT molecular complexity index is 1310. The van der Waals surface area contributed by atoms with Gasteiger partial charge in [0.05, 0.1) is 5.56 Å². The van der Waals surface area contributed by atoms with Crippen LogP contribution in [0.15, 0.2) is 97.1 Å². The number of nitrogens with zero attached hydrogens (tertiary/aromatic N) is 2. The van der Waals surface area contributed by atoms with Gasteiger partial charge in [0.25, 0.3) is 0 Å². The predicted molar refractivity (Wildman–Crippen MR) is 143 cm³/mol. The lowest BCUT2D eigenvalue weighted by molar-refractivity contribution is 0.0697. The van der Waals surface area contributed by atoms with E-state index in [4.69, 9.17) is 11.6 Å². The Labute approximate surface area is 211 Å². The molecule has 1 N–H and O–H groups in total. The Morgan fingerprint density at radius 2 is 1.40 bits per heavy atom. The largest absolute Gasteiger partial charge is 0.478 e. The highest BCUT2D eigenvalue weighted by atomic mass is 35.5. The van der Waals surface area contributed by atoms with E-state index in [0.717, 1.165) is 54.6 Å². The molecule has 5 heteroatoms. The number of carboxylic acid groups (broad SMARTS) is 1. The molecule has 0 atom stereocenters. The molecule has 1 fully saturated rings. The average molecular weight is 483 g/mol. The van der Waals surface area contributed by atoms with Crippen molar-refractivity contribution in [3.63, 3.8) is 0 Å². The maximum atomic E-state index is 11.8. The third-order valence-electron chi connectivity index (χ3n) is 6.62. The van der Waals surface area contributed by atoms with Crippen molar-refractivity contribution in [1.29, 1.82) is 0 Å². The van der Waals surface area contributed by atoms with Gasteiger partial charge in [0.1, 0.15) is 0 Å². The van der Waals surface area contributed by atoms with Crippen LogP contribution in [-0.2, 0) is 6.54 Å². The van der Waals surface area contributed by atoms with Crippen LogP contribution >= 0.6 is 11.6 Å². The first kappa shape index (κ1) is 23.2. The molecule has 1 heterocycles. The van der Waals surface area contributed by atoms with Crippen molar-refractivity contribution in [3.8, 4) is 22.3 Å². The van der Waals surface area contributed by atoms with E-state index in [2.05, 4.69) is 46.2 Å². The second-order valence-electron chi connectivity index (χ2n) is 8.83. The number of carboxylic acids is 1. The van der Waals surface area contributed by atoms with Crippen LogP contribution in [-0.4, -0.2) is 42.2 Å². The maximum absolute atomic E-state index is 11.8. The molecular formula is C30H27ClN2O2. The van der Waals surface area contributed by atoms with E-state index in [1.165, 1.54) is 16.7 Å². The molecule has 0 amide bonds. The van der Waals surface area contributed by atoms with E-state index < -0.39 is 5.97 Å². The smallest absolute Gasteiger partial charge is 0.336 e. The normalized spacial score (nSPS) is 14.1. The first-order valence-electron chi connectivity index (χ1n) is 11.8. The number of hydrogen-bond acceptors (Lipinski definition) is 3. The summed E-state index contributed by atoms with van der Waals surface area (Å²) in [6.45, 7) is 4.56. The summed E-state index contributed by atoms with van der Waals surface area (Å²) in [5, 5.41) is 10.4. The number of hydrogen-bond donors (Lipinski definition) is 1. The molecule has 4 nitrogen and oxygen atoms in total. The molecule has 4 aromatic carbocycles. The number of halogens is 1. The SMILES string of the molecule is O=C(O)c1ccc(N2CCN(Cc3ccccc3-c3ccc(Cl)cc3)CC2)cc1-c1ccccc1. The maximum Gasteiger partial charge on any atom is 0.336 e. The van der Waals surface area contributed by atoms with E-state index in [9.17, 15) is 9.90 Å². The molecule has 1 aliphatic rings. The van der Waals surface area contributed by atoms with Gasteiger partial charge in [0.2, 0.25) is 0 Å². The minimum absolute atomic E-state index is 0.331. The Morgan fingerprint density at radius 3 is 2.11 bits per heavy atom. The van der Waals surface area contributed by atoms with Gasteiger partial charge >= 0.3 is 5.97 Å². The quantitative estimate of drug-likeness (QED) is 0.332. The van der Waals surface area contributed by atoms with Crippen LogP contribution in [0.2, 0.25) is 5.02 Å². The summed E-state index contributed by atoms with van der Waals surface area (Å²) in [5.74, 6) is -0.903. The molecule has 0 aromatic heterocycles. The Balaban J connectivity index is 1.30. The monoisotopic (exact) mass is 482 g/mol. The summed E-state index contributed by atoms with van der Waals surface area (Å²) in [4.78, 5) is 16.6. The Hall–Kier alpha value is -3.60. The summed E-state index contributed by atoms with van der Waals surface area (Å²) < 4.78 is 0. The summed E-state index contributed by atoms with van der Waals surface area (Å²) in [7, 11) is 0. The number of carbonyl (C=O) groups is 1. The molecule has 0 unspecified atom stereocenters. The first-order chi connectivity index (χ1) is 17.1. The lowest BCUT2D eigenvalue weighted by Crippen LogP contribution is -2.46. The first-order valence-corrected chi connectivity index (χ1v) is 12.2. The zero-order chi connectivity index (χ0) is 24.2. The van der Waals surface area contributed by atoms with Crippen LogP contribution in [0, 0.1) is 0 Å². The van der Waals surface area contributed by atoms with E-state index in [0.29, 0.717) is 5.56 Å². The third-order valence-corrected chi connectivity index (χ3v) is 6.87. The lowest BCUT2D eigenvalue weighted by Gasteiger charge is -2.36. The van der Waals surface area contributed by atoms with Crippen LogP contribution in [0.25, 0.3) is 22.3 Å². The summed E-state index contributed by atoms with van der Waals surface area (Å²) in [5.41, 5.74) is 6.80. The van der Waals surface area contributed by atoms with Crippen molar-refractivity contribution in [2.24, 2.45) is 0 Å². The fourth-order valence-electron chi connectivity index (χ4n) is 4.75. The highest BCUT2D eigenvalue weighted by Gasteiger charge is 2.20. The van der Waals surface area contributed by atoms with E-state index in [1.807, 2.05) is 54.6 Å². The molecule has 4 aromatic rings. The van der Waals surface area contributed by atoms with Gasteiger partial charge in [-0.2, -0.15) is 0 Å². The van der Waals surface area contributed by atoms with Gasteiger partial charge in [-0.05, 0) is 58.1 Å². The van der Waals surface area contributed by atoms with Crippen LogP contribution in [0.4, 0.5) is 5.69 Å². The fraction of sp³-hybridized carbons (Fsp3) is 0.167. The van der Waals surface area contributed by atoms with Gasteiger partial charge in [-0.15, -0.1) is 0 Å². The molecule has 0 radical (unpaired) electrons. The van der Waals surface area contributed by atoms with Crippen molar-refractivity contribution in [3.05, 3.63) is 113 Å². The van der Waals surface area contributed by atoms with Crippen molar-refractivity contribution in [2.75, 3.05) is 31.1 Å². The van der Waals surface area contributed by atoms with Crippen molar-refractivity contribution >= 4 is 23.3 Å². The van der Waals surface area contributed by atoms with E-state index in [1.54, 1.807) is 6.07 Å². The predicted octanol–water partition coefficient (Wildman–Crippen LogP) is 6.69. The van der Waals surface area contributed by atoms with Crippen molar-refractivity contribution < 1.29 is 9.90 Å². The topological polar surface area (TPSA) is 43.8 Å². The minimum atomic E-state index is -0.903. The minimum Gasteiger partial charge on any atom is -0.478 e. The number of anilines is 1. The third kappa shape index (κ3) is 5.24. The zero-order valence-electron chi connectivity index (χ0n) is 19.4. The van der Waals surface area contributed by atoms with Gasteiger partial charge in [-0.3, -0.25) is 4.90 Å². The average Bonchev–Trinajstić information content (AvgIpc) is 2.90. The molecule has 0 aliphatic carbocycles. The van der Waals surface area contributed by atoms with E-state index in [-0.39, 0.29) is 0 Å². The second kappa shape index (κ2) is 10.3. The van der Waals surface area contributed by atoms with Crippen molar-refractivity contribution in [2.45, 2.75) is 6.54 Å². The number of piperazine rings is 1. The number of rotatable bonds is 6. The molecule has 5 rings (SSSR count). The molecular weight excluding hydrogens is 456 g/mol. The molecule has 176 valence electrons. The van der Waals surface area contributed by atoms with Gasteiger partial charge in [0.15, 0.2) is 0 Å². The van der Waals surface area contributed by atoms with Crippen LogP contribution < -0.4 is 4.90 Å². The van der Waals surface area contributed by atoms with Gasteiger partial charge < -0.3 is 10.0 Å². The summed E-state index contributed by atoms with van der Waals surface area (Å²) in [6.07, 6.45) is 0. The Morgan fingerprint density at radius 1 is 0.743 bits per heavy atom. The summed E-state index contributed by atoms with van der Waals surface area (Å²) in [6, 6.07) is 32.0. The van der Waals surface area contributed by atoms with Crippen LogP contribution in [0.3, 0.4) is 0 Å². The summed E-state index contributed by atoms with van der Waals surface area (Å²) >= 11 is 6.09. The molecule has 0 bridgehead atoms. The van der Waals surface area contributed by atoms with E-state index >= 15 is 0 Å². The highest BCUT2D eigenvalue weighted by Crippen LogP contribution is 2.30. The number of benzene rings is 4. The Kier molecular flexibility index (Phi) is 6.84. The number of aromatic carboxylic acids is 1. The van der Waals surface area contributed by atoms with Crippen molar-refractivity contribution in [1.82, 2.24) is 4.90 Å². The lowest BCUT2D eigenvalue weighted by atomic mass is 9.98. The molecule has 0 spiro atoms. The molecule has 1 aliphatic heterocycles. The fourth-order valence-corrected chi connectivity index (χ4v) is 4.87. The van der Waals surface area contributed by atoms with Gasteiger partial charge in [-0.1, -0.05) is 78.3 Å². The van der Waals surface area contributed by atoms with Gasteiger partial charge in [-0.25, -0.2) is 4.79 Å². The highest BCUT2D eigenvalue weighted by molar-refractivity contribution is 6.30. The standard InChI is InChI=1S/C30H27ClN2O2/c31-25-12-10-23(11-13-25)27-9-5-4-8-24(27)21-32-16-18-33(19-17-32)26-14-15-28(30(34)35)29(20-26)22-6-2-1-3-7-22/h1-15,20H,16-19,21H2,(H,34,35). The van der Waals surface area contributed by atoms with Gasteiger partial charge in [0, 0.05) is 43.4 Å². The molecule has 0 saturated carbocycles. The zero-order valence-corrected chi connectivity index (χ0v) is 20.2. The molecule has 1 saturated heterocycles. The second-order valence-corrected chi connectivity index (χ2v) is 9.26. The van der Waals surface area contributed by atoms with Crippen LogP contribution in [0.1, 0.15) is 15.9 Å². The molecule has 35 heavy (non-hydrogen) atoms. The van der Waals surface area contributed by atoms with Crippen LogP contribution in [0.5, 0.6) is 0 Å².